The number of aliphatic hydroxyl groups excluding tert-OH is 1. The first-order valence-corrected chi connectivity index (χ1v) is 11.3. The molecule has 3 heterocycles. The van der Waals surface area contributed by atoms with E-state index in [2.05, 4.69) is 16.4 Å². The van der Waals surface area contributed by atoms with E-state index < -0.39 is 0 Å². The van der Waals surface area contributed by atoms with Gasteiger partial charge in [0.1, 0.15) is 11.8 Å². The lowest BCUT2D eigenvalue weighted by molar-refractivity contribution is 0.0843. The van der Waals surface area contributed by atoms with Crippen molar-refractivity contribution in [2.45, 2.75) is 25.7 Å². The lowest BCUT2D eigenvalue weighted by atomic mass is 9.92. The van der Waals surface area contributed by atoms with Gasteiger partial charge in [-0.1, -0.05) is 17.7 Å². The van der Waals surface area contributed by atoms with Crippen LogP contribution in [0.1, 0.15) is 40.4 Å². The molecule has 7 nitrogen and oxygen atoms in total. The van der Waals surface area contributed by atoms with E-state index in [1.807, 2.05) is 31.2 Å². The van der Waals surface area contributed by atoms with E-state index in [9.17, 15) is 9.90 Å². The number of rotatable bonds is 7. The van der Waals surface area contributed by atoms with Crippen molar-refractivity contribution in [2.24, 2.45) is 0 Å². The van der Waals surface area contributed by atoms with Crippen LogP contribution in [0.25, 0.3) is 11.1 Å². The summed E-state index contributed by atoms with van der Waals surface area (Å²) in [5, 5.41) is 12.4. The molecule has 2 aromatic heterocycles. The fourth-order valence-electron chi connectivity index (χ4n) is 3.87. The molecule has 0 spiro atoms. The van der Waals surface area contributed by atoms with Gasteiger partial charge in [0.2, 0.25) is 5.88 Å². The smallest absolute Gasteiger partial charge is 0.255 e. The Kier molecular flexibility index (Phi) is 7.54. The van der Waals surface area contributed by atoms with Crippen molar-refractivity contribution < 1.29 is 19.4 Å². The topological polar surface area (TPSA) is 93.6 Å². The minimum Gasteiger partial charge on any atom is -0.475 e. The lowest BCUT2D eigenvalue weighted by Crippen LogP contribution is -2.16. The normalized spacial score (nSPS) is 14.2. The summed E-state index contributed by atoms with van der Waals surface area (Å²) in [5.41, 5.74) is 5.00. The van der Waals surface area contributed by atoms with Crippen LogP contribution in [0.3, 0.4) is 0 Å². The van der Waals surface area contributed by atoms with E-state index in [4.69, 9.17) is 26.1 Å². The van der Waals surface area contributed by atoms with Crippen molar-refractivity contribution in [1.82, 2.24) is 9.97 Å². The summed E-state index contributed by atoms with van der Waals surface area (Å²) in [7, 11) is 0. The molecule has 1 fully saturated rings. The highest BCUT2D eigenvalue weighted by Crippen LogP contribution is 2.34. The van der Waals surface area contributed by atoms with Crippen LogP contribution >= 0.6 is 11.6 Å². The maximum absolute atomic E-state index is 12.7. The number of aromatic nitrogens is 2. The first kappa shape index (κ1) is 23.2. The Labute approximate surface area is 197 Å². The van der Waals surface area contributed by atoms with E-state index in [-0.39, 0.29) is 30.2 Å². The standard InChI is InChI=1S/C25H26ClN3O4/c1-16-2-3-20(28-25(31)18-4-7-27-23(26)13-18)15-21(16)19-12-22(17-5-9-32-10-6-17)29-24(14-19)33-11-8-30/h2-4,7,12-15,17,30H,5-6,8-11H2,1H3,(H,28,31). The zero-order valence-electron chi connectivity index (χ0n) is 18.4. The number of benzene rings is 1. The lowest BCUT2D eigenvalue weighted by Gasteiger charge is -2.23. The molecule has 2 N–H and O–H groups in total. The Balaban J connectivity index is 1.66. The van der Waals surface area contributed by atoms with Gasteiger partial charge < -0.3 is 19.9 Å². The number of halogens is 1. The second kappa shape index (κ2) is 10.7. The number of aliphatic hydroxyl groups is 1. The molecule has 33 heavy (non-hydrogen) atoms. The molecule has 1 saturated heterocycles. The predicted octanol–water partition coefficient (Wildman–Crippen LogP) is 4.62. The zero-order chi connectivity index (χ0) is 23.2. The third-order valence-electron chi connectivity index (χ3n) is 5.60. The van der Waals surface area contributed by atoms with E-state index in [0.717, 1.165) is 35.2 Å². The van der Waals surface area contributed by atoms with Gasteiger partial charge in [-0.3, -0.25) is 4.79 Å². The largest absolute Gasteiger partial charge is 0.475 e. The molecule has 1 aromatic carbocycles. The molecule has 0 unspecified atom stereocenters. The monoisotopic (exact) mass is 467 g/mol. The van der Waals surface area contributed by atoms with Crippen LogP contribution < -0.4 is 10.1 Å². The zero-order valence-corrected chi connectivity index (χ0v) is 19.1. The molecule has 8 heteroatoms. The maximum atomic E-state index is 12.7. The highest BCUT2D eigenvalue weighted by Gasteiger charge is 2.20. The Morgan fingerprint density at radius 1 is 1.21 bits per heavy atom. The van der Waals surface area contributed by atoms with Crippen molar-refractivity contribution in [3.05, 3.63) is 70.6 Å². The average Bonchev–Trinajstić information content (AvgIpc) is 2.84. The predicted molar refractivity (Wildman–Crippen MR) is 127 cm³/mol. The molecule has 0 radical (unpaired) electrons. The SMILES string of the molecule is Cc1ccc(NC(=O)c2ccnc(Cl)c2)cc1-c1cc(OCCO)nc(C2CCOCC2)c1. The summed E-state index contributed by atoms with van der Waals surface area (Å²) >= 11 is 5.92. The number of ether oxygens (including phenoxy) is 2. The van der Waals surface area contributed by atoms with Gasteiger partial charge >= 0.3 is 0 Å². The third kappa shape index (κ3) is 5.87. The Morgan fingerprint density at radius 2 is 2.03 bits per heavy atom. The quantitative estimate of drug-likeness (QED) is 0.492. The van der Waals surface area contributed by atoms with Crippen molar-refractivity contribution in [3.63, 3.8) is 0 Å². The van der Waals surface area contributed by atoms with Gasteiger partial charge in [0.05, 0.1) is 6.61 Å². The molecule has 4 rings (SSSR count). The minimum atomic E-state index is -0.265. The van der Waals surface area contributed by atoms with Gasteiger partial charge in [-0.05, 0) is 66.8 Å². The summed E-state index contributed by atoms with van der Waals surface area (Å²) < 4.78 is 11.2. The first-order valence-electron chi connectivity index (χ1n) is 10.9. The Hall–Kier alpha value is -3.00. The summed E-state index contributed by atoms with van der Waals surface area (Å²) in [4.78, 5) is 21.3. The van der Waals surface area contributed by atoms with E-state index in [1.165, 1.54) is 12.3 Å². The average molecular weight is 468 g/mol. The van der Waals surface area contributed by atoms with Crippen LogP contribution in [0.15, 0.2) is 48.7 Å². The van der Waals surface area contributed by atoms with E-state index in [1.54, 1.807) is 6.07 Å². The molecule has 172 valence electrons. The second-order valence-corrected chi connectivity index (χ2v) is 8.32. The number of anilines is 1. The molecule has 1 aliphatic rings. The number of hydrogen-bond donors (Lipinski definition) is 2. The highest BCUT2D eigenvalue weighted by molar-refractivity contribution is 6.29. The first-order chi connectivity index (χ1) is 16.0. The van der Waals surface area contributed by atoms with Crippen molar-refractivity contribution in [1.29, 1.82) is 0 Å². The van der Waals surface area contributed by atoms with Crippen LogP contribution in [-0.4, -0.2) is 47.4 Å². The number of hydrogen-bond acceptors (Lipinski definition) is 6. The summed E-state index contributed by atoms with van der Waals surface area (Å²) in [6, 6.07) is 12.9. The third-order valence-corrected chi connectivity index (χ3v) is 5.80. The molecular weight excluding hydrogens is 442 g/mol. The summed E-state index contributed by atoms with van der Waals surface area (Å²) in [5.74, 6) is 0.497. The number of aryl methyl sites for hydroxylation is 1. The number of carbonyl (C=O) groups excluding carboxylic acids is 1. The molecule has 0 aliphatic carbocycles. The second-order valence-electron chi connectivity index (χ2n) is 7.93. The van der Waals surface area contributed by atoms with Crippen LogP contribution in [0.4, 0.5) is 5.69 Å². The van der Waals surface area contributed by atoms with Crippen molar-refractivity contribution in [3.8, 4) is 17.0 Å². The fourth-order valence-corrected chi connectivity index (χ4v) is 4.04. The van der Waals surface area contributed by atoms with Gasteiger partial charge in [0.25, 0.3) is 5.91 Å². The fraction of sp³-hybridized carbons (Fsp3) is 0.320. The molecule has 1 aliphatic heterocycles. The van der Waals surface area contributed by atoms with E-state index in [0.29, 0.717) is 30.3 Å². The Morgan fingerprint density at radius 3 is 2.79 bits per heavy atom. The van der Waals surface area contributed by atoms with Gasteiger partial charge in [0.15, 0.2) is 0 Å². The van der Waals surface area contributed by atoms with Gasteiger partial charge in [-0.15, -0.1) is 0 Å². The molecule has 0 atom stereocenters. The van der Waals surface area contributed by atoms with Gasteiger partial charge in [-0.25, -0.2) is 9.97 Å². The molecule has 0 saturated carbocycles. The van der Waals surface area contributed by atoms with E-state index >= 15 is 0 Å². The molecule has 3 aromatic rings. The number of carbonyl (C=O) groups is 1. The number of amides is 1. The maximum Gasteiger partial charge on any atom is 0.255 e. The van der Waals surface area contributed by atoms with Crippen LogP contribution in [0, 0.1) is 6.92 Å². The van der Waals surface area contributed by atoms with Crippen molar-refractivity contribution >= 4 is 23.2 Å². The molecular formula is C25H26ClN3O4. The Bertz CT molecular complexity index is 1130. The van der Waals surface area contributed by atoms with Gasteiger partial charge in [0, 0.05) is 48.3 Å². The number of nitrogens with zero attached hydrogens (tertiary/aromatic N) is 2. The summed E-state index contributed by atoms with van der Waals surface area (Å²) in [6.07, 6.45) is 3.31. The minimum absolute atomic E-state index is 0.0852. The summed E-state index contributed by atoms with van der Waals surface area (Å²) in [6.45, 7) is 3.53. The number of nitrogens with one attached hydrogen (secondary N) is 1. The van der Waals surface area contributed by atoms with Gasteiger partial charge in [-0.2, -0.15) is 0 Å². The van der Waals surface area contributed by atoms with Crippen LogP contribution in [0.2, 0.25) is 5.15 Å². The van der Waals surface area contributed by atoms with Crippen molar-refractivity contribution in [2.75, 3.05) is 31.7 Å². The van der Waals surface area contributed by atoms with Crippen LogP contribution in [-0.2, 0) is 4.74 Å². The molecule has 1 amide bonds. The number of pyridine rings is 2. The van der Waals surface area contributed by atoms with Crippen LogP contribution in [0.5, 0.6) is 5.88 Å². The highest BCUT2D eigenvalue weighted by atomic mass is 35.5. The molecule has 0 bridgehead atoms.